The summed E-state index contributed by atoms with van der Waals surface area (Å²) in [6.45, 7) is 2.04. The van der Waals surface area contributed by atoms with Crippen LogP contribution in [0.4, 0.5) is 0 Å². The number of hydrogen-bond acceptors (Lipinski definition) is 1. The third-order valence-corrected chi connectivity index (χ3v) is 1.78. The maximum absolute atomic E-state index is 3.97. The lowest BCUT2D eigenvalue weighted by Crippen LogP contribution is -1.79. The molecule has 0 aliphatic rings. The van der Waals surface area contributed by atoms with Gasteiger partial charge in [0.25, 0.3) is 0 Å². The van der Waals surface area contributed by atoms with E-state index in [1.165, 1.54) is 5.56 Å². The molecule has 1 aromatic rings. The van der Waals surface area contributed by atoms with Crippen molar-refractivity contribution >= 4 is 0 Å². The van der Waals surface area contributed by atoms with Crippen LogP contribution in [-0.2, 0) is 6.42 Å². The standard InChI is InChI=1S/C12H15N/c1-2-3-4-5-6-7-12-8-10-13-11-9-12/h2-3,5-6,8-11H,4,7H2,1H3. The number of nitrogens with zero attached hydrogens (tertiary/aromatic N) is 1. The fraction of sp³-hybridized carbons (Fsp3) is 0.250. The van der Waals surface area contributed by atoms with Crippen molar-refractivity contribution in [1.29, 1.82) is 0 Å². The minimum atomic E-state index is 1.00. The smallest absolute Gasteiger partial charge is 0.0270 e. The summed E-state index contributed by atoms with van der Waals surface area (Å²) in [5, 5.41) is 0. The maximum Gasteiger partial charge on any atom is 0.0270 e. The number of hydrogen-bond donors (Lipinski definition) is 0. The molecule has 68 valence electrons. The van der Waals surface area contributed by atoms with Crippen molar-refractivity contribution < 1.29 is 0 Å². The first kappa shape index (κ1) is 9.72. The molecule has 1 nitrogen and oxygen atoms in total. The molecule has 1 aromatic heterocycles. The van der Waals surface area contributed by atoms with Crippen LogP contribution in [-0.4, -0.2) is 4.98 Å². The zero-order valence-corrected chi connectivity index (χ0v) is 7.98. The molecule has 0 spiro atoms. The number of aromatic nitrogens is 1. The zero-order chi connectivity index (χ0) is 9.36. The van der Waals surface area contributed by atoms with E-state index in [-0.39, 0.29) is 0 Å². The van der Waals surface area contributed by atoms with Gasteiger partial charge in [-0.05, 0) is 37.5 Å². The summed E-state index contributed by atoms with van der Waals surface area (Å²) in [4.78, 5) is 3.97. The first-order chi connectivity index (χ1) is 6.43. The predicted molar refractivity (Wildman–Crippen MR) is 56.5 cm³/mol. The van der Waals surface area contributed by atoms with Crippen molar-refractivity contribution in [3.8, 4) is 0 Å². The second-order valence-electron chi connectivity index (χ2n) is 2.84. The van der Waals surface area contributed by atoms with E-state index in [1.807, 2.05) is 31.5 Å². The Hall–Kier alpha value is -1.37. The Balaban J connectivity index is 2.31. The van der Waals surface area contributed by atoms with Crippen LogP contribution in [0.15, 0.2) is 48.8 Å². The van der Waals surface area contributed by atoms with Crippen LogP contribution < -0.4 is 0 Å². The molecule has 0 radical (unpaired) electrons. The van der Waals surface area contributed by atoms with E-state index in [0.717, 1.165) is 12.8 Å². The van der Waals surface area contributed by atoms with Gasteiger partial charge >= 0.3 is 0 Å². The van der Waals surface area contributed by atoms with Gasteiger partial charge in [0.2, 0.25) is 0 Å². The Kier molecular flexibility index (Phi) is 4.62. The minimum absolute atomic E-state index is 1.00. The van der Waals surface area contributed by atoms with Crippen molar-refractivity contribution in [2.24, 2.45) is 0 Å². The van der Waals surface area contributed by atoms with Crippen molar-refractivity contribution in [3.63, 3.8) is 0 Å². The van der Waals surface area contributed by atoms with Crippen LogP contribution >= 0.6 is 0 Å². The Morgan fingerprint density at radius 3 is 2.62 bits per heavy atom. The van der Waals surface area contributed by atoms with Crippen molar-refractivity contribution in [3.05, 3.63) is 54.4 Å². The van der Waals surface area contributed by atoms with E-state index < -0.39 is 0 Å². The molecule has 0 aliphatic heterocycles. The fourth-order valence-corrected chi connectivity index (χ4v) is 1.05. The Morgan fingerprint density at radius 2 is 1.92 bits per heavy atom. The van der Waals surface area contributed by atoms with E-state index in [9.17, 15) is 0 Å². The van der Waals surface area contributed by atoms with E-state index >= 15 is 0 Å². The summed E-state index contributed by atoms with van der Waals surface area (Å²) in [5.41, 5.74) is 1.31. The van der Waals surface area contributed by atoms with Gasteiger partial charge in [0, 0.05) is 12.4 Å². The summed E-state index contributed by atoms with van der Waals surface area (Å²) in [5.74, 6) is 0. The largest absolute Gasteiger partial charge is 0.265 e. The average Bonchev–Trinajstić information content (AvgIpc) is 2.19. The molecule has 0 saturated carbocycles. The highest BCUT2D eigenvalue weighted by Crippen LogP contribution is 1.98. The highest BCUT2D eigenvalue weighted by atomic mass is 14.6. The quantitative estimate of drug-likeness (QED) is 0.637. The fourth-order valence-electron chi connectivity index (χ4n) is 1.05. The molecule has 0 aliphatic carbocycles. The van der Waals surface area contributed by atoms with Gasteiger partial charge in [-0.15, -0.1) is 0 Å². The molecule has 0 amide bonds. The lowest BCUT2D eigenvalue weighted by molar-refractivity contribution is 1.20. The molecule has 1 rings (SSSR count). The lowest BCUT2D eigenvalue weighted by Gasteiger charge is -1.92. The molecular weight excluding hydrogens is 158 g/mol. The minimum Gasteiger partial charge on any atom is -0.265 e. The third kappa shape index (κ3) is 4.26. The van der Waals surface area contributed by atoms with Gasteiger partial charge in [-0.2, -0.15) is 0 Å². The maximum atomic E-state index is 3.97. The molecule has 0 aromatic carbocycles. The lowest BCUT2D eigenvalue weighted by atomic mass is 10.2. The van der Waals surface area contributed by atoms with E-state index in [0.29, 0.717) is 0 Å². The summed E-state index contributed by atoms with van der Waals surface area (Å²) in [6.07, 6.45) is 14.3. The van der Waals surface area contributed by atoms with Crippen LogP contribution in [0.5, 0.6) is 0 Å². The second-order valence-corrected chi connectivity index (χ2v) is 2.84. The molecule has 0 bridgehead atoms. The highest BCUT2D eigenvalue weighted by molar-refractivity contribution is 5.13. The molecule has 0 fully saturated rings. The van der Waals surface area contributed by atoms with Crippen molar-refractivity contribution in [1.82, 2.24) is 4.98 Å². The molecule has 0 atom stereocenters. The first-order valence-electron chi connectivity index (χ1n) is 4.58. The van der Waals surface area contributed by atoms with Gasteiger partial charge in [0.05, 0.1) is 0 Å². The van der Waals surface area contributed by atoms with Crippen molar-refractivity contribution in [2.45, 2.75) is 19.8 Å². The molecule has 1 heterocycles. The van der Waals surface area contributed by atoms with Gasteiger partial charge in [-0.1, -0.05) is 24.3 Å². The highest BCUT2D eigenvalue weighted by Gasteiger charge is 1.84. The Labute approximate surface area is 79.8 Å². The number of rotatable bonds is 4. The predicted octanol–water partition coefficient (Wildman–Crippen LogP) is 3.15. The molecular formula is C12H15N. The van der Waals surface area contributed by atoms with Gasteiger partial charge < -0.3 is 0 Å². The van der Waals surface area contributed by atoms with Crippen LogP contribution in [0.25, 0.3) is 0 Å². The molecule has 0 saturated heterocycles. The SMILES string of the molecule is CC=CCC=CCc1ccncc1. The second kappa shape index (κ2) is 6.18. The molecule has 1 heteroatoms. The monoisotopic (exact) mass is 173 g/mol. The Morgan fingerprint density at radius 1 is 1.15 bits per heavy atom. The normalized spacial score (nSPS) is 11.5. The van der Waals surface area contributed by atoms with Gasteiger partial charge in [0.1, 0.15) is 0 Å². The van der Waals surface area contributed by atoms with Crippen LogP contribution in [0.3, 0.4) is 0 Å². The average molecular weight is 173 g/mol. The van der Waals surface area contributed by atoms with Crippen LogP contribution in [0.1, 0.15) is 18.9 Å². The first-order valence-corrected chi connectivity index (χ1v) is 4.58. The van der Waals surface area contributed by atoms with E-state index in [4.69, 9.17) is 0 Å². The Bertz CT molecular complexity index is 272. The molecule has 13 heavy (non-hydrogen) atoms. The third-order valence-electron chi connectivity index (χ3n) is 1.78. The van der Waals surface area contributed by atoms with Gasteiger partial charge in [-0.25, -0.2) is 0 Å². The van der Waals surface area contributed by atoms with E-state index in [2.05, 4.69) is 29.3 Å². The number of allylic oxidation sites excluding steroid dienone is 4. The van der Waals surface area contributed by atoms with E-state index in [1.54, 1.807) is 0 Å². The number of pyridine rings is 1. The van der Waals surface area contributed by atoms with Crippen LogP contribution in [0.2, 0.25) is 0 Å². The van der Waals surface area contributed by atoms with Crippen molar-refractivity contribution in [2.75, 3.05) is 0 Å². The summed E-state index contributed by atoms with van der Waals surface area (Å²) in [7, 11) is 0. The zero-order valence-electron chi connectivity index (χ0n) is 7.98. The molecule has 0 N–H and O–H groups in total. The van der Waals surface area contributed by atoms with Crippen LogP contribution in [0, 0.1) is 0 Å². The summed E-state index contributed by atoms with van der Waals surface area (Å²) >= 11 is 0. The van der Waals surface area contributed by atoms with Gasteiger partial charge in [-0.3, -0.25) is 4.98 Å². The summed E-state index contributed by atoms with van der Waals surface area (Å²) in [6, 6.07) is 4.08. The van der Waals surface area contributed by atoms with Gasteiger partial charge in [0.15, 0.2) is 0 Å². The topological polar surface area (TPSA) is 12.9 Å². The molecule has 0 unspecified atom stereocenters. The summed E-state index contributed by atoms with van der Waals surface area (Å²) < 4.78 is 0.